The van der Waals surface area contributed by atoms with E-state index in [0.717, 1.165) is 4.57 Å². The minimum Gasteiger partial charge on any atom is -0.464 e. The predicted octanol–water partition coefficient (Wildman–Crippen LogP) is 1.05. The number of aromatic nitrogens is 2. The lowest BCUT2D eigenvalue weighted by molar-refractivity contribution is 0.196. The maximum Gasteiger partial charge on any atom is 0.416 e. The Kier molecular flexibility index (Phi) is 2.44. The Labute approximate surface area is 52.8 Å². The molecule has 0 unspecified atom stereocenters. The Balaban J connectivity index is 0.000000640. The van der Waals surface area contributed by atoms with Crippen molar-refractivity contribution >= 4 is 6.09 Å². The van der Waals surface area contributed by atoms with Crippen LogP contribution in [0, 0.1) is 0 Å². The zero-order valence-electron chi connectivity index (χ0n) is 3.98. The van der Waals surface area contributed by atoms with Crippen LogP contribution in [0.25, 0.3) is 0 Å². The lowest BCUT2D eigenvalue weighted by Crippen LogP contribution is -2.03. The Morgan fingerprint density at radius 3 is 2.56 bits per heavy atom. The summed E-state index contributed by atoms with van der Waals surface area (Å²) in [6.07, 6.45) is 2.99. The quantitative estimate of drug-likeness (QED) is 0.568. The molecule has 0 fully saturated rings. The van der Waals surface area contributed by atoms with Crippen molar-refractivity contribution in [2.45, 2.75) is 7.43 Å². The summed E-state index contributed by atoms with van der Waals surface area (Å²) >= 11 is 0. The average Bonchev–Trinajstić information content (AvgIpc) is 2.12. The molecule has 0 aliphatic heterocycles. The molecule has 4 nitrogen and oxygen atoms in total. The minimum atomic E-state index is -1.01. The van der Waals surface area contributed by atoms with Crippen LogP contribution in [0.5, 0.6) is 0 Å². The molecule has 0 aliphatic carbocycles. The van der Waals surface area contributed by atoms with Gasteiger partial charge >= 0.3 is 6.09 Å². The van der Waals surface area contributed by atoms with E-state index in [9.17, 15) is 4.79 Å². The Morgan fingerprint density at radius 1 is 1.67 bits per heavy atom. The van der Waals surface area contributed by atoms with Crippen molar-refractivity contribution < 1.29 is 9.90 Å². The summed E-state index contributed by atoms with van der Waals surface area (Å²) in [7, 11) is 0. The van der Waals surface area contributed by atoms with E-state index in [1.807, 2.05) is 0 Å². The first-order chi connectivity index (χ1) is 3.80. The summed E-state index contributed by atoms with van der Waals surface area (Å²) < 4.78 is 0.972. The Morgan fingerprint density at radius 2 is 2.33 bits per heavy atom. The first-order valence-electron chi connectivity index (χ1n) is 2.02. The monoisotopic (exact) mass is 128 g/mol. The molecule has 50 valence electrons. The summed E-state index contributed by atoms with van der Waals surface area (Å²) in [5.41, 5.74) is 0. The van der Waals surface area contributed by atoms with Gasteiger partial charge in [-0.05, 0) is 0 Å². The van der Waals surface area contributed by atoms with E-state index in [-0.39, 0.29) is 7.43 Å². The van der Waals surface area contributed by atoms with E-state index in [4.69, 9.17) is 5.11 Å². The SMILES string of the molecule is C.O=C(O)n1ccnc1. The molecule has 4 heteroatoms. The van der Waals surface area contributed by atoms with Gasteiger partial charge in [-0.1, -0.05) is 7.43 Å². The molecule has 0 saturated heterocycles. The van der Waals surface area contributed by atoms with Gasteiger partial charge in [-0.3, -0.25) is 0 Å². The van der Waals surface area contributed by atoms with Crippen molar-refractivity contribution in [3.05, 3.63) is 18.7 Å². The molecule has 0 radical (unpaired) electrons. The molecule has 0 atom stereocenters. The largest absolute Gasteiger partial charge is 0.464 e. The molecule has 1 rings (SSSR count). The van der Waals surface area contributed by atoms with Gasteiger partial charge in [0.15, 0.2) is 0 Å². The van der Waals surface area contributed by atoms with Gasteiger partial charge in [0, 0.05) is 12.4 Å². The molecule has 0 saturated carbocycles. The van der Waals surface area contributed by atoms with Crippen LogP contribution in [0.1, 0.15) is 7.43 Å². The number of imidazole rings is 1. The maximum absolute atomic E-state index is 9.98. The average molecular weight is 128 g/mol. The minimum absolute atomic E-state index is 0. The molecule has 0 bridgehead atoms. The molecule has 0 spiro atoms. The van der Waals surface area contributed by atoms with Crippen LogP contribution in [0.15, 0.2) is 18.7 Å². The van der Waals surface area contributed by atoms with Crippen molar-refractivity contribution in [2.24, 2.45) is 0 Å². The van der Waals surface area contributed by atoms with Gasteiger partial charge in [0.1, 0.15) is 6.33 Å². The van der Waals surface area contributed by atoms with Gasteiger partial charge in [0.25, 0.3) is 0 Å². The highest BCUT2D eigenvalue weighted by Gasteiger charge is 1.94. The molecule has 0 amide bonds. The molecule has 1 aromatic rings. The lowest BCUT2D eigenvalue weighted by Gasteiger charge is -1.85. The highest BCUT2D eigenvalue weighted by Crippen LogP contribution is 1.81. The third-order valence-corrected chi connectivity index (χ3v) is 0.725. The topological polar surface area (TPSA) is 55.1 Å². The van der Waals surface area contributed by atoms with Crippen molar-refractivity contribution in [3.8, 4) is 0 Å². The first-order valence-corrected chi connectivity index (χ1v) is 2.02. The number of hydrogen-bond acceptors (Lipinski definition) is 2. The summed E-state index contributed by atoms with van der Waals surface area (Å²) in [5.74, 6) is 0. The number of carbonyl (C=O) groups is 1. The fourth-order valence-electron chi connectivity index (χ4n) is 0.372. The Hall–Kier alpha value is -1.32. The van der Waals surface area contributed by atoms with Crippen LogP contribution >= 0.6 is 0 Å². The molecule has 0 aromatic carbocycles. The molecule has 9 heavy (non-hydrogen) atoms. The van der Waals surface area contributed by atoms with Crippen LogP contribution in [-0.4, -0.2) is 20.8 Å². The van der Waals surface area contributed by atoms with Crippen molar-refractivity contribution in [2.75, 3.05) is 0 Å². The third kappa shape index (κ3) is 1.56. The fraction of sp³-hybridized carbons (Fsp3) is 0.200. The van der Waals surface area contributed by atoms with Gasteiger partial charge in [-0.2, -0.15) is 0 Å². The van der Waals surface area contributed by atoms with Gasteiger partial charge in [0.2, 0.25) is 0 Å². The lowest BCUT2D eigenvalue weighted by atomic mass is 10.9. The first kappa shape index (κ1) is 7.68. The zero-order valence-corrected chi connectivity index (χ0v) is 3.98. The van der Waals surface area contributed by atoms with Gasteiger partial charge in [-0.25, -0.2) is 14.3 Å². The van der Waals surface area contributed by atoms with E-state index in [0.29, 0.717) is 0 Å². The van der Waals surface area contributed by atoms with E-state index in [2.05, 4.69) is 4.98 Å². The van der Waals surface area contributed by atoms with Gasteiger partial charge < -0.3 is 5.11 Å². The van der Waals surface area contributed by atoms with Crippen molar-refractivity contribution in [1.29, 1.82) is 0 Å². The number of hydrogen-bond donors (Lipinski definition) is 1. The van der Waals surface area contributed by atoms with Crippen LogP contribution < -0.4 is 0 Å². The molecular weight excluding hydrogens is 120 g/mol. The summed E-state index contributed by atoms with van der Waals surface area (Å²) in [4.78, 5) is 13.5. The maximum atomic E-state index is 9.98. The second kappa shape index (κ2) is 2.86. The predicted molar refractivity (Wildman–Crippen MR) is 32.4 cm³/mol. The number of nitrogens with zero attached hydrogens (tertiary/aromatic N) is 2. The second-order valence-electron chi connectivity index (χ2n) is 1.25. The molecule has 0 aliphatic rings. The van der Waals surface area contributed by atoms with E-state index < -0.39 is 6.09 Å². The van der Waals surface area contributed by atoms with E-state index in [1.165, 1.54) is 18.7 Å². The highest BCUT2D eigenvalue weighted by molar-refractivity contribution is 5.67. The third-order valence-electron chi connectivity index (χ3n) is 0.725. The van der Waals surface area contributed by atoms with Gasteiger partial charge in [0.05, 0.1) is 0 Å². The zero-order chi connectivity index (χ0) is 5.98. The highest BCUT2D eigenvalue weighted by atomic mass is 16.4. The summed E-state index contributed by atoms with van der Waals surface area (Å²) in [5, 5.41) is 8.20. The molecule has 1 N–H and O–H groups in total. The van der Waals surface area contributed by atoms with Crippen molar-refractivity contribution in [1.82, 2.24) is 9.55 Å². The van der Waals surface area contributed by atoms with Crippen LogP contribution in [-0.2, 0) is 0 Å². The van der Waals surface area contributed by atoms with Crippen molar-refractivity contribution in [3.63, 3.8) is 0 Å². The van der Waals surface area contributed by atoms with E-state index in [1.54, 1.807) is 0 Å². The molecular formula is C5H8N2O2. The second-order valence-corrected chi connectivity index (χ2v) is 1.25. The number of rotatable bonds is 0. The Bertz CT molecular complexity index is 181. The summed E-state index contributed by atoms with van der Waals surface area (Å²) in [6, 6.07) is 0. The van der Waals surface area contributed by atoms with E-state index >= 15 is 0 Å². The molecule has 1 aromatic heterocycles. The normalized spacial score (nSPS) is 8.00. The smallest absolute Gasteiger partial charge is 0.416 e. The van der Waals surface area contributed by atoms with Crippen LogP contribution in [0.2, 0.25) is 0 Å². The fourth-order valence-corrected chi connectivity index (χ4v) is 0.372. The standard InChI is InChI=1S/C4H4N2O2.CH4/c7-4(8)6-2-1-5-3-6;/h1-3H,(H,7,8);1H4. The number of carboxylic acid groups (broad SMARTS) is 1. The van der Waals surface area contributed by atoms with Crippen LogP contribution in [0.3, 0.4) is 0 Å². The summed E-state index contributed by atoms with van der Waals surface area (Å²) in [6.45, 7) is 0. The van der Waals surface area contributed by atoms with Crippen LogP contribution in [0.4, 0.5) is 4.79 Å². The molecule has 1 heterocycles. The van der Waals surface area contributed by atoms with Gasteiger partial charge in [-0.15, -0.1) is 0 Å².